The average Bonchev–Trinajstić information content (AvgIpc) is 2.86. The van der Waals surface area contributed by atoms with Crippen molar-refractivity contribution in [2.24, 2.45) is 5.73 Å². The fraction of sp³-hybridized carbons (Fsp3) is 0.188. The number of fused-ring (bicyclic) bond motifs is 1. The Kier molecular flexibility index (Phi) is 2.64. The molecule has 0 saturated heterocycles. The van der Waals surface area contributed by atoms with Gasteiger partial charge in [-0.3, -0.25) is 0 Å². The van der Waals surface area contributed by atoms with Crippen LogP contribution in [0.15, 0.2) is 48.5 Å². The molecule has 0 saturated carbocycles. The molecule has 0 spiro atoms. The molecule has 1 unspecified atom stereocenters. The Bertz CT molecular complexity index is 711. The number of para-hydroxylation sites is 1. The molecule has 3 heteroatoms. The van der Waals surface area contributed by atoms with Gasteiger partial charge in [-0.25, -0.2) is 4.98 Å². The maximum atomic E-state index is 6.48. The third kappa shape index (κ3) is 1.92. The van der Waals surface area contributed by atoms with E-state index in [1.54, 1.807) is 0 Å². The van der Waals surface area contributed by atoms with Crippen LogP contribution >= 0.6 is 0 Å². The van der Waals surface area contributed by atoms with E-state index in [0.717, 1.165) is 28.0 Å². The molecule has 1 atom stereocenters. The van der Waals surface area contributed by atoms with E-state index in [0.29, 0.717) is 0 Å². The zero-order chi connectivity index (χ0) is 13.5. The standard InChI is InChI=1S/C16H17N3/c1-11-7-6-10-13-14(11)19-15(18-13)16(2,17)12-8-4-3-5-9-12/h3-10H,17H2,1-2H3,(H,18,19). The van der Waals surface area contributed by atoms with E-state index in [9.17, 15) is 0 Å². The number of H-pyrrole nitrogens is 1. The van der Waals surface area contributed by atoms with Crippen LogP contribution in [-0.4, -0.2) is 9.97 Å². The second kappa shape index (κ2) is 4.21. The van der Waals surface area contributed by atoms with E-state index >= 15 is 0 Å². The minimum Gasteiger partial charge on any atom is -0.340 e. The zero-order valence-corrected chi connectivity index (χ0v) is 11.1. The lowest BCUT2D eigenvalue weighted by atomic mass is 9.92. The van der Waals surface area contributed by atoms with E-state index < -0.39 is 5.54 Å². The van der Waals surface area contributed by atoms with Crippen molar-refractivity contribution in [1.29, 1.82) is 0 Å². The van der Waals surface area contributed by atoms with Crippen molar-refractivity contribution in [3.05, 3.63) is 65.5 Å². The molecule has 1 aromatic heterocycles. The Morgan fingerprint density at radius 2 is 1.79 bits per heavy atom. The van der Waals surface area contributed by atoms with Gasteiger partial charge in [-0.05, 0) is 31.0 Å². The largest absolute Gasteiger partial charge is 0.340 e. The van der Waals surface area contributed by atoms with Crippen molar-refractivity contribution in [3.8, 4) is 0 Å². The Balaban J connectivity index is 2.16. The van der Waals surface area contributed by atoms with Crippen molar-refractivity contribution < 1.29 is 0 Å². The van der Waals surface area contributed by atoms with Crippen LogP contribution in [0.4, 0.5) is 0 Å². The molecular weight excluding hydrogens is 234 g/mol. The molecular formula is C16H17N3. The number of nitrogens with two attached hydrogens (primary N) is 1. The summed E-state index contributed by atoms with van der Waals surface area (Å²) in [6.45, 7) is 4.04. The normalized spacial score (nSPS) is 14.5. The maximum Gasteiger partial charge on any atom is 0.131 e. The van der Waals surface area contributed by atoms with Crippen LogP contribution in [0.5, 0.6) is 0 Å². The van der Waals surface area contributed by atoms with Gasteiger partial charge in [0.1, 0.15) is 5.82 Å². The highest BCUT2D eigenvalue weighted by Crippen LogP contribution is 2.26. The second-order valence-corrected chi connectivity index (χ2v) is 5.12. The topological polar surface area (TPSA) is 54.7 Å². The summed E-state index contributed by atoms with van der Waals surface area (Å²) in [6, 6.07) is 16.1. The first kappa shape index (κ1) is 11.9. The smallest absolute Gasteiger partial charge is 0.131 e. The van der Waals surface area contributed by atoms with E-state index in [2.05, 4.69) is 23.0 Å². The van der Waals surface area contributed by atoms with Crippen LogP contribution in [0, 0.1) is 6.92 Å². The number of rotatable bonds is 2. The Morgan fingerprint density at radius 1 is 1.05 bits per heavy atom. The highest BCUT2D eigenvalue weighted by molar-refractivity contribution is 5.78. The van der Waals surface area contributed by atoms with E-state index in [-0.39, 0.29) is 0 Å². The number of hydrogen-bond donors (Lipinski definition) is 2. The van der Waals surface area contributed by atoms with Gasteiger partial charge in [0.05, 0.1) is 16.6 Å². The summed E-state index contributed by atoms with van der Waals surface area (Å²) >= 11 is 0. The molecule has 0 radical (unpaired) electrons. The predicted molar refractivity (Wildman–Crippen MR) is 77.9 cm³/mol. The summed E-state index contributed by atoms with van der Waals surface area (Å²) in [5, 5.41) is 0. The van der Waals surface area contributed by atoms with Crippen molar-refractivity contribution in [3.63, 3.8) is 0 Å². The first-order chi connectivity index (χ1) is 9.09. The van der Waals surface area contributed by atoms with Crippen molar-refractivity contribution in [2.45, 2.75) is 19.4 Å². The number of nitrogens with one attached hydrogen (secondary N) is 1. The lowest BCUT2D eigenvalue weighted by molar-refractivity contribution is 0.567. The number of hydrogen-bond acceptors (Lipinski definition) is 2. The van der Waals surface area contributed by atoms with Crippen molar-refractivity contribution in [2.75, 3.05) is 0 Å². The SMILES string of the molecule is Cc1cccc2[nH]c(C(C)(N)c3ccccc3)nc12. The first-order valence-electron chi connectivity index (χ1n) is 6.39. The Morgan fingerprint density at radius 3 is 2.47 bits per heavy atom. The van der Waals surface area contributed by atoms with Crippen LogP contribution in [0.2, 0.25) is 0 Å². The van der Waals surface area contributed by atoms with Gasteiger partial charge in [0.2, 0.25) is 0 Å². The van der Waals surface area contributed by atoms with Gasteiger partial charge in [-0.15, -0.1) is 0 Å². The van der Waals surface area contributed by atoms with Crippen molar-refractivity contribution >= 4 is 11.0 Å². The number of nitrogens with zero attached hydrogens (tertiary/aromatic N) is 1. The van der Waals surface area contributed by atoms with E-state index in [1.165, 1.54) is 0 Å². The summed E-state index contributed by atoms with van der Waals surface area (Å²) in [6.07, 6.45) is 0. The highest BCUT2D eigenvalue weighted by atomic mass is 15.0. The summed E-state index contributed by atoms with van der Waals surface area (Å²) in [7, 11) is 0. The molecule has 96 valence electrons. The predicted octanol–water partition coefficient (Wildman–Crippen LogP) is 3.09. The summed E-state index contributed by atoms with van der Waals surface area (Å²) in [4.78, 5) is 8.02. The molecule has 0 fully saturated rings. The number of imidazole rings is 1. The summed E-state index contributed by atoms with van der Waals surface area (Å²) in [5.74, 6) is 0.794. The second-order valence-electron chi connectivity index (χ2n) is 5.12. The molecule has 0 bridgehead atoms. The Labute approximate surface area is 112 Å². The van der Waals surface area contributed by atoms with Crippen LogP contribution in [0.1, 0.15) is 23.9 Å². The molecule has 19 heavy (non-hydrogen) atoms. The van der Waals surface area contributed by atoms with Gasteiger partial charge in [-0.2, -0.15) is 0 Å². The van der Waals surface area contributed by atoms with Crippen LogP contribution in [0.3, 0.4) is 0 Å². The molecule has 3 N–H and O–H groups in total. The molecule has 1 heterocycles. The van der Waals surface area contributed by atoms with Gasteiger partial charge in [0, 0.05) is 0 Å². The number of aromatic nitrogens is 2. The fourth-order valence-electron chi connectivity index (χ4n) is 2.34. The van der Waals surface area contributed by atoms with E-state index in [1.807, 2.05) is 49.4 Å². The first-order valence-corrected chi connectivity index (χ1v) is 6.39. The number of aryl methyl sites for hydroxylation is 1. The molecule has 3 aromatic rings. The molecule has 0 amide bonds. The fourth-order valence-corrected chi connectivity index (χ4v) is 2.34. The molecule has 2 aromatic carbocycles. The highest BCUT2D eigenvalue weighted by Gasteiger charge is 2.27. The van der Waals surface area contributed by atoms with Gasteiger partial charge in [0.15, 0.2) is 0 Å². The summed E-state index contributed by atoms with van der Waals surface area (Å²) in [5.41, 5.74) is 10.1. The Hall–Kier alpha value is -2.13. The zero-order valence-electron chi connectivity index (χ0n) is 11.1. The van der Waals surface area contributed by atoms with Gasteiger partial charge in [0.25, 0.3) is 0 Å². The monoisotopic (exact) mass is 251 g/mol. The van der Waals surface area contributed by atoms with Crippen molar-refractivity contribution in [1.82, 2.24) is 9.97 Å². The molecule has 0 aliphatic carbocycles. The average molecular weight is 251 g/mol. The van der Waals surface area contributed by atoms with Gasteiger partial charge in [-0.1, -0.05) is 42.5 Å². The minimum atomic E-state index is -0.618. The molecule has 0 aliphatic rings. The minimum absolute atomic E-state index is 0.618. The number of benzene rings is 2. The van der Waals surface area contributed by atoms with Gasteiger partial charge >= 0.3 is 0 Å². The maximum absolute atomic E-state index is 6.48. The summed E-state index contributed by atoms with van der Waals surface area (Å²) < 4.78 is 0. The molecule has 0 aliphatic heterocycles. The molecule has 3 rings (SSSR count). The van der Waals surface area contributed by atoms with E-state index in [4.69, 9.17) is 5.73 Å². The lowest BCUT2D eigenvalue weighted by Gasteiger charge is -2.22. The lowest BCUT2D eigenvalue weighted by Crippen LogP contribution is -2.35. The quantitative estimate of drug-likeness (QED) is 0.735. The van der Waals surface area contributed by atoms with Crippen LogP contribution in [0.25, 0.3) is 11.0 Å². The van der Waals surface area contributed by atoms with Gasteiger partial charge < -0.3 is 10.7 Å². The van der Waals surface area contributed by atoms with Crippen LogP contribution < -0.4 is 5.73 Å². The third-order valence-electron chi connectivity index (χ3n) is 3.58. The van der Waals surface area contributed by atoms with Crippen LogP contribution in [-0.2, 0) is 5.54 Å². The third-order valence-corrected chi connectivity index (χ3v) is 3.58. The molecule has 3 nitrogen and oxygen atoms in total. The number of aromatic amines is 1.